The molecule has 1 heterocycles. The van der Waals surface area contributed by atoms with Crippen LogP contribution >= 0.6 is 11.8 Å². The monoisotopic (exact) mass is 360 g/mol. The van der Waals surface area contributed by atoms with Crippen LogP contribution < -0.4 is 10.2 Å². The van der Waals surface area contributed by atoms with Crippen LogP contribution in [0.15, 0.2) is 29.4 Å². The van der Waals surface area contributed by atoms with Gasteiger partial charge in [-0.2, -0.15) is 0 Å². The lowest BCUT2D eigenvalue weighted by Gasteiger charge is -2.13. The van der Waals surface area contributed by atoms with Crippen molar-refractivity contribution in [2.24, 2.45) is 5.92 Å². The molecule has 0 spiro atoms. The van der Waals surface area contributed by atoms with Crippen LogP contribution in [0.1, 0.15) is 25.2 Å². The Balaban J connectivity index is 1.97. The second-order valence-electron chi connectivity index (χ2n) is 6.85. The Hall–Kier alpha value is -1.95. The molecule has 2 aromatic rings. The summed E-state index contributed by atoms with van der Waals surface area (Å²) in [6.45, 7) is 9.40. The van der Waals surface area contributed by atoms with Gasteiger partial charge in [0.2, 0.25) is 5.91 Å². The number of carbonyl (C=O) groups excluding carboxylic acids is 1. The minimum absolute atomic E-state index is 0.0167. The number of amides is 1. The van der Waals surface area contributed by atoms with Crippen LogP contribution in [-0.4, -0.2) is 35.3 Å². The molecule has 6 heteroatoms. The summed E-state index contributed by atoms with van der Waals surface area (Å²) < 4.78 is 2.21. The minimum atomic E-state index is -0.0167. The first-order valence-corrected chi connectivity index (χ1v) is 9.50. The van der Waals surface area contributed by atoms with E-state index in [1.807, 2.05) is 50.2 Å². The lowest BCUT2D eigenvalue weighted by Crippen LogP contribution is -2.15. The molecular weight excluding hydrogens is 332 g/mol. The van der Waals surface area contributed by atoms with Gasteiger partial charge in [-0.25, -0.2) is 4.98 Å². The van der Waals surface area contributed by atoms with Gasteiger partial charge in [0.15, 0.2) is 5.16 Å². The second kappa shape index (κ2) is 8.43. The Bertz CT molecular complexity index is 720. The van der Waals surface area contributed by atoms with Crippen molar-refractivity contribution in [2.45, 2.75) is 39.4 Å². The van der Waals surface area contributed by atoms with E-state index in [0.29, 0.717) is 11.7 Å². The molecule has 2 rings (SSSR count). The van der Waals surface area contributed by atoms with Gasteiger partial charge in [-0.15, -0.1) is 0 Å². The SMILES string of the molecule is Cc1nc(SCC(=O)Nc2ccc(N(C)C)cc2)n(CC(C)C)c1C. The fraction of sp³-hybridized carbons (Fsp3) is 0.474. The number of anilines is 2. The number of nitrogens with one attached hydrogen (secondary N) is 1. The summed E-state index contributed by atoms with van der Waals surface area (Å²) in [5.74, 6) is 0.872. The van der Waals surface area contributed by atoms with Gasteiger partial charge in [-0.1, -0.05) is 25.6 Å². The quantitative estimate of drug-likeness (QED) is 0.760. The molecule has 0 atom stereocenters. The zero-order valence-corrected chi connectivity index (χ0v) is 16.8. The Morgan fingerprint density at radius 1 is 1.24 bits per heavy atom. The summed E-state index contributed by atoms with van der Waals surface area (Å²) >= 11 is 1.49. The Morgan fingerprint density at radius 2 is 1.88 bits per heavy atom. The van der Waals surface area contributed by atoms with Crippen LogP contribution in [0.4, 0.5) is 11.4 Å². The number of aryl methyl sites for hydroxylation is 1. The number of hydrogen-bond donors (Lipinski definition) is 1. The predicted octanol–water partition coefficient (Wildman–Crippen LogP) is 3.95. The molecule has 0 unspecified atom stereocenters. The van der Waals surface area contributed by atoms with Gasteiger partial charge in [0.1, 0.15) is 0 Å². The zero-order valence-electron chi connectivity index (χ0n) is 16.0. The topological polar surface area (TPSA) is 50.2 Å². The number of nitrogens with zero attached hydrogens (tertiary/aromatic N) is 3. The third-order valence-electron chi connectivity index (χ3n) is 3.97. The van der Waals surface area contributed by atoms with E-state index >= 15 is 0 Å². The van der Waals surface area contributed by atoms with Crippen molar-refractivity contribution in [1.29, 1.82) is 0 Å². The molecule has 0 fully saturated rings. The molecule has 0 saturated heterocycles. The van der Waals surface area contributed by atoms with E-state index in [0.717, 1.165) is 28.8 Å². The summed E-state index contributed by atoms with van der Waals surface area (Å²) in [6.07, 6.45) is 0. The van der Waals surface area contributed by atoms with E-state index in [4.69, 9.17) is 0 Å². The number of carbonyl (C=O) groups is 1. The van der Waals surface area contributed by atoms with Gasteiger partial charge in [-0.3, -0.25) is 4.79 Å². The van der Waals surface area contributed by atoms with Crippen molar-refractivity contribution < 1.29 is 4.79 Å². The molecule has 136 valence electrons. The van der Waals surface area contributed by atoms with Crippen LogP contribution in [0.25, 0.3) is 0 Å². The normalized spacial score (nSPS) is 11.0. The van der Waals surface area contributed by atoms with E-state index in [-0.39, 0.29) is 5.91 Å². The fourth-order valence-corrected chi connectivity index (χ4v) is 3.39. The number of imidazole rings is 1. The highest BCUT2D eigenvalue weighted by atomic mass is 32.2. The van der Waals surface area contributed by atoms with Crippen LogP contribution in [0.5, 0.6) is 0 Å². The van der Waals surface area contributed by atoms with Crippen molar-refractivity contribution in [3.05, 3.63) is 35.7 Å². The minimum Gasteiger partial charge on any atom is -0.378 e. The molecular formula is C19H28N4OS. The average Bonchev–Trinajstić information content (AvgIpc) is 2.81. The van der Waals surface area contributed by atoms with E-state index in [1.54, 1.807) is 0 Å². The van der Waals surface area contributed by atoms with Crippen molar-refractivity contribution in [3.8, 4) is 0 Å². The average molecular weight is 361 g/mol. The number of benzene rings is 1. The summed E-state index contributed by atoms with van der Waals surface area (Å²) in [5, 5.41) is 3.86. The highest BCUT2D eigenvalue weighted by molar-refractivity contribution is 7.99. The van der Waals surface area contributed by atoms with Crippen molar-refractivity contribution in [2.75, 3.05) is 30.1 Å². The molecule has 0 saturated carbocycles. The first kappa shape index (κ1) is 19.4. The Labute approximate surface area is 154 Å². The van der Waals surface area contributed by atoms with Gasteiger partial charge in [-0.05, 0) is 44.0 Å². The Morgan fingerprint density at radius 3 is 2.44 bits per heavy atom. The second-order valence-corrected chi connectivity index (χ2v) is 7.79. The van der Waals surface area contributed by atoms with Gasteiger partial charge >= 0.3 is 0 Å². The van der Waals surface area contributed by atoms with Crippen LogP contribution in [0.3, 0.4) is 0 Å². The number of rotatable bonds is 7. The highest BCUT2D eigenvalue weighted by Crippen LogP contribution is 2.23. The van der Waals surface area contributed by atoms with Gasteiger partial charge in [0.25, 0.3) is 0 Å². The van der Waals surface area contributed by atoms with Gasteiger partial charge in [0.05, 0.1) is 11.4 Å². The first-order valence-electron chi connectivity index (χ1n) is 8.51. The van der Waals surface area contributed by atoms with Gasteiger partial charge in [0, 0.05) is 37.7 Å². The summed E-state index contributed by atoms with van der Waals surface area (Å²) in [7, 11) is 3.99. The molecule has 0 aliphatic heterocycles. The zero-order chi connectivity index (χ0) is 18.6. The lowest BCUT2D eigenvalue weighted by atomic mass is 10.2. The molecule has 0 aliphatic carbocycles. The van der Waals surface area contributed by atoms with E-state index in [9.17, 15) is 4.79 Å². The summed E-state index contributed by atoms with van der Waals surface area (Å²) in [6, 6.07) is 7.83. The molecule has 1 amide bonds. The third kappa shape index (κ3) is 5.26. The van der Waals surface area contributed by atoms with Crippen LogP contribution in [0, 0.1) is 19.8 Å². The molecule has 0 aliphatic rings. The van der Waals surface area contributed by atoms with Crippen LogP contribution in [-0.2, 0) is 11.3 Å². The molecule has 0 bridgehead atoms. The van der Waals surface area contributed by atoms with E-state index in [1.165, 1.54) is 17.5 Å². The molecule has 1 N–H and O–H groups in total. The van der Waals surface area contributed by atoms with E-state index in [2.05, 4.69) is 35.6 Å². The number of hydrogen-bond acceptors (Lipinski definition) is 4. The molecule has 25 heavy (non-hydrogen) atoms. The van der Waals surface area contributed by atoms with Gasteiger partial charge < -0.3 is 14.8 Å². The smallest absolute Gasteiger partial charge is 0.234 e. The maximum absolute atomic E-state index is 12.3. The summed E-state index contributed by atoms with van der Waals surface area (Å²) in [5.41, 5.74) is 4.13. The largest absolute Gasteiger partial charge is 0.378 e. The fourth-order valence-electron chi connectivity index (χ4n) is 2.48. The standard InChI is InChI=1S/C19H28N4OS/c1-13(2)11-23-15(4)14(3)20-19(23)25-12-18(24)21-16-7-9-17(10-8-16)22(5)6/h7-10,13H,11-12H2,1-6H3,(H,21,24). The summed E-state index contributed by atoms with van der Waals surface area (Å²) in [4.78, 5) is 18.9. The Kier molecular flexibility index (Phi) is 6.53. The molecule has 5 nitrogen and oxygen atoms in total. The van der Waals surface area contributed by atoms with Crippen molar-refractivity contribution >= 4 is 29.0 Å². The van der Waals surface area contributed by atoms with E-state index < -0.39 is 0 Å². The molecule has 1 aromatic heterocycles. The maximum atomic E-state index is 12.3. The van der Waals surface area contributed by atoms with Crippen LogP contribution in [0.2, 0.25) is 0 Å². The number of aromatic nitrogens is 2. The van der Waals surface area contributed by atoms with Crippen molar-refractivity contribution in [1.82, 2.24) is 9.55 Å². The maximum Gasteiger partial charge on any atom is 0.234 e. The predicted molar refractivity (Wildman–Crippen MR) is 107 cm³/mol. The first-order chi connectivity index (χ1) is 11.8. The molecule has 1 aromatic carbocycles. The third-order valence-corrected chi connectivity index (χ3v) is 4.95. The molecule has 0 radical (unpaired) electrons. The lowest BCUT2D eigenvalue weighted by molar-refractivity contribution is -0.113. The number of thioether (sulfide) groups is 1. The van der Waals surface area contributed by atoms with Crippen molar-refractivity contribution in [3.63, 3.8) is 0 Å². The highest BCUT2D eigenvalue weighted by Gasteiger charge is 2.14.